The van der Waals surface area contributed by atoms with Gasteiger partial charge in [0.05, 0.1) is 0 Å². The maximum Gasteiger partial charge on any atom is 0.125 e. The summed E-state index contributed by atoms with van der Waals surface area (Å²) in [6.45, 7) is 10.4. The Morgan fingerprint density at radius 2 is 1.83 bits per heavy atom. The summed E-state index contributed by atoms with van der Waals surface area (Å²) in [6, 6.07) is 4.92. The molecule has 1 N–H and O–H groups in total. The Hall–Kier alpha value is -1.02. The molecule has 18 heavy (non-hydrogen) atoms. The SMILES string of the molecule is CCNC(COc1c(C)cc(C)cc1C)C1CC1. The van der Waals surface area contributed by atoms with E-state index in [0.29, 0.717) is 6.04 Å². The Bertz CT molecular complexity index is 387. The first-order chi connectivity index (χ1) is 8.61. The average Bonchev–Trinajstić information content (AvgIpc) is 3.09. The summed E-state index contributed by atoms with van der Waals surface area (Å²) in [4.78, 5) is 0. The summed E-state index contributed by atoms with van der Waals surface area (Å²) in [6.07, 6.45) is 2.71. The van der Waals surface area contributed by atoms with Gasteiger partial charge in [-0.1, -0.05) is 24.6 Å². The lowest BCUT2D eigenvalue weighted by molar-refractivity contribution is 0.248. The maximum atomic E-state index is 6.08. The van der Waals surface area contributed by atoms with E-state index in [2.05, 4.69) is 45.1 Å². The second-order valence-electron chi connectivity index (χ2n) is 5.54. The van der Waals surface area contributed by atoms with Crippen LogP contribution >= 0.6 is 0 Å². The van der Waals surface area contributed by atoms with Gasteiger partial charge in [-0.2, -0.15) is 0 Å². The quantitative estimate of drug-likeness (QED) is 0.832. The molecular weight excluding hydrogens is 222 g/mol. The molecule has 0 aliphatic heterocycles. The van der Waals surface area contributed by atoms with Crippen molar-refractivity contribution in [3.63, 3.8) is 0 Å². The monoisotopic (exact) mass is 247 g/mol. The molecule has 1 saturated carbocycles. The highest BCUT2D eigenvalue weighted by molar-refractivity contribution is 5.42. The lowest BCUT2D eigenvalue weighted by Gasteiger charge is -2.20. The number of ether oxygens (including phenoxy) is 1. The van der Waals surface area contributed by atoms with Crippen LogP contribution in [0.4, 0.5) is 0 Å². The van der Waals surface area contributed by atoms with Crippen molar-refractivity contribution in [1.82, 2.24) is 5.32 Å². The van der Waals surface area contributed by atoms with Crippen LogP contribution in [0.5, 0.6) is 5.75 Å². The van der Waals surface area contributed by atoms with E-state index in [-0.39, 0.29) is 0 Å². The largest absolute Gasteiger partial charge is 0.491 e. The highest BCUT2D eigenvalue weighted by Gasteiger charge is 2.31. The number of hydrogen-bond donors (Lipinski definition) is 1. The standard InChI is InChI=1S/C16H25NO/c1-5-17-15(14-6-7-14)10-18-16-12(3)8-11(2)9-13(16)4/h8-9,14-15,17H,5-7,10H2,1-4H3. The van der Waals surface area contributed by atoms with E-state index in [1.165, 1.54) is 29.5 Å². The molecule has 0 heterocycles. The average molecular weight is 247 g/mol. The van der Waals surface area contributed by atoms with Gasteiger partial charge in [-0.15, -0.1) is 0 Å². The summed E-state index contributed by atoms with van der Waals surface area (Å²) in [5.74, 6) is 1.90. The van der Waals surface area contributed by atoms with Gasteiger partial charge in [0, 0.05) is 6.04 Å². The molecule has 1 aliphatic rings. The van der Waals surface area contributed by atoms with Gasteiger partial charge in [-0.05, 0) is 57.2 Å². The van der Waals surface area contributed by atoms with Crippen LogP contribution < -0.4 is 10.1 Å². The van der Waals surface area contributed by atoms with Crippen LogP contribution in [-0.4, -0.2) is 19.2 Å². The minimum atomic E-state index is 0.523. The van der Waals surface area contributed by atoms with E-state index < -0.39 is 0 Å². The molecule has 2 nitrogen and oxygen atoms in total. The summed E-state index contributed by atoms with van der Waals surface area (Å²) in [5, 5.41) is 3.54. The Labute approximate surface area is 111 Å². The zero-order valence-electron chi connectivity index (χ0n) is 12.0. The fourth-order valence-electron chi connectivity index (χ4n) is 2.69. The predicted octanol–water partition coefficient (Wildman–Crippen LogP) is 3.38. The van der Waals surface area contributed by atoms with Gasteiger partial charge in [0.15, 0.2) is 0 Å². The van der Waals surface area contributed by atoms with Crippen molar-refractivity contribution in [3.05, 3.63) is 28.8 Å². The fourth-order valence-corrected chi connectivity index (χ4v) is 2.69. The van der Waals surface area contributed by atoms with Crippen LogP contribution in [0.15, 0.2) is 12.1 Å². The third kappa shape index (κ3) is 3.26. The molecule has 1 aromatic carbocycles. The number of rotatable bonds is 6. The molecule has 0 saturated heterocycles. The van der Waals surface area contributed by atoms with Crippen LogP contribution in [-0.2, 0) is 0 Å². The van der Waals surface area contributed by atoms with Crippen molar-refractivity contribution in [3.8, 4) is 5.75 Å². The molecule has 100 valence electrons. The van der Waals surface area contributed by atoms with Crippen LogP contribution in [0.2, 0.25) is 0 Å². The van der Waals surface area contributed by atoms with E-state index in [9.17, 15) is 0 Å². The van der Waals surface area contributed by atoms with Crippen molar-refractivity contribution in [2.24, 2.45) is 5.92 Å². The highest BCUT2D eigenvalue weighted by Crippen LogP contribution is 2.33. The number of benzene rings is 1. The molecule has 0 bridgehead atoms. The molecule has 1 aliphatic carbocycles. The second-order valence-corrected chi connectivity index (χ2v) is 5.54. The molecule has 1 aromatic rings. The zero-order chi connectivity index (χ0) is 13.1. The smallest absolute Gasteiger partial charge is 0.125 e. The first-order valence-corrected chi connectivity index (χ1v) is 7.05. The molecule has 1 fully saturated rings. The van der Waals surface area contributed by atoms with Crippen LogP contribution in [0.1, 0.15) is 36.5 Å². The summed E-state index contributed by atoms with van der Waals surface area (Å²) in [7, 11) is 0. The maximum absolute atomic E-state index is 6.08. The zero-order valence-corrected chi connectivity index (χ0v) is 12.0. The molecule has 0 spiro atoms. The van der Waals surface area contributed by atoms with Gasteiger partial charge >= 0.3 is 0 Å². The van der Waals surface area contributed by atoms with Gasteiger partial charge in [-0.3, -0.25) is 0 Å². The Morgan fingerprint density at radius 1 is 1.22 bits per heavy atom. The molecule has 1 unspecified atom stereocenters. The van der Waals surface area contributed by atoms with Gasteiger partial charge in [0.2, 0.25) is 0 Å². The van der Waals surface area contributed by atoms with Crippen LogP contribution in [0.25, 0.3) is 0 Å². The second kappa shape index (κ2) is 5.75. The van der Waals surface area contributed by atoms with Gasteiger partial charge in [0.1, 0.15) is 12.4 Å². The van der Waals surface area contributed by atoms with Gasteiger partial charge < -0.3 is 10.1 Å². The molecule has 1 atom stereocenters. The van der Waals surface area contributed by atoms with Gasteiger partial charge in [-0.25, -0.2) is 0 Å². The molecule has 0 amide bonds. The van der Waals surface area contributed by atoms with E-state index >= 15 is 0 Å². The summed E-state index contributed by atoms with van der Waals surface area (Å²) < 4.78 is 6.08. The van der Waals surface area contributed by atoms with Crippen molar-refractivity contribution in [2.75, 3.05) is 13.2 Å². The van der Waals surface area contributed by atoms with Crippen molar-refractivity contribution in [1.29, 1.82) is 0 Å². The fraction of sp³-hybridized carbons (Fsp3) is 0.625. The predicted molar refractivity (Wildman–Crippen MR) is 76.3 cm³/mol. The number of hydrogen-bond acceptors (Lipinski definition) is 2. The van der Waals surface area contributed by atoms with Crippen molar-refractivity contribution < 1.29 is 4.74 Å². The molecular formula is C16H25NO. The van der Waals surface area contributed by atoms with Crippen LogP contribution in [0.3, 0.4) is 0 Å². The minimum Gasteiger partial charge on any atom is -0.491 e. The third-order valence-corrected chi connectivity index (χ3v) is 3.67. The van der Waals surface area contributed by atoms with Gasteiger partial charge in [0.25, 0.3) is 0 Å². The van der Waals surface area contributed by atoms with E-state index in [0.717, 1.165) is 24.8 Å². The Kier molecular flexibility index (Phi) is 4.28. The summed E-state index contributed by atoms with van der Waals surface area (Å²) in [5.41, 5.74) is 3.81. The van der Waals surface area contributed by atoms with E-state index in [4.69, 9.17) is 4.74 Å². The normalized spacial score (nSPS) is 16.7. The van der Waals surface area contributed by atoms with Crippen molar-refractivity contribution >= 4 is 0 Å². The topological polar surface area (TPSA) is 21.3 Å². The first kappa shape index (κ1) is 13.4. The Morgan fingerprint density at radius 3 is 2.33 bits per heavy atom. The molecule has 2 heteroatoms. The lowest BCUT2D eigenvalue weighted by atomic mass is 10.1. The number of nitrogens with one attached hydrogen (secondary N) is 1. The van der Waals surface area contributed by atoms with E-state index in [1.54, 1.807) is 0 Å². The highest BCUT2D eigenvalue weighted by atomic mass is 16.5. The molecule has 2 rings (SSSR count). The summed E-state index contributed by atoms with van der Waals surface area (Å²) >= 11 is 0. The minimum absolute atomic E-state index is 0.523. The molecule has 0 aromatic heterocycles. The van der Waals surface area contributed by atoms with Crippen molar-refractivity contribution in [2.45, 2.75) is 46.6 Å². The lowest BCUT2D eigenvalue weighted by Crippen LogP contribution is -2.36. The van der Waals surface area contributed by atoms with E-state index in [1.807, 2.05) is 0 Å². The molecule has 0 radical (unpaired) electrons. The Balaban J connectivity index is 2.00. The number of aryl methyl sites for hydroxylation is 3. The third-order valence-electron chi connectivity index (χ3n) is 3.67. The number of likely N-dealkylation sites (N-methyl/N-ethyl adjacent to an activating group) is 1. The first-order valence-electron chi connectivity index (χ1n) is 7.05. The van der Waals surface area contributed by atoms with Crippen LogP contribution in [0, 0.1) is 26.7 Å².